The van der Waals surface area contributed by atoms with Gasteiger partial charge >= 0.3 is 0 Å². The number of furan rings is 1. The van der Waals surface area contributed by atoms with E-state index in [2.05, 4.69) is 5.32 Å². The number of carbonyl (C=O) groups is 1. The zero-order chi connectivity index (χ0) is 15.3. The molecule has 1 heterocycles. The molecule has 0 aliphatic heterocycles. The molecule has 0 bridgehead atoms. The van der Waals surface area contributed by atoms with Crippen LogP contribution in [-0.4, -0.2) is 18.1 Å². The molecule has 0 radical (unpaired) electrons. The summed E-state index contributed by atoms with van der Waals surface area (Å²) in [5, 5.41) is 2.97. The van der Waals surface area contributed by atoms with Crippen molar-refractivity contribution in [3.8, 4) is 0 Å². The number of hydrogen-bond donors (Lipinski definition) is 1. The molecule has 0 aliphatic rings. The lowest BCUT2D eigenvalue weighted by molar-refractivity contribution is 0.0616. The molecular formula is C16H18ClNO3. The first-order valence-electron chi connectivity index (χ1n) is 6.65. The fraction of sp³-hybridized carbons (Fsp3) is 0.312. The molecule has 1 aromatic heterocycles. The topological polar surface area (TPSA) is 51.5 Å². The Morgan fingerprint density at radius 1 is 1.29 bits per heavy atom. The standard InChI is InChI=1S/C16H18ClNO3/c1-16(2,11-20-10-12-6-4-3-5-7-12)18-15(19)13-8-9-21-14(13)17/h3-9H,10-11H2,1-2H3,(H,18,19). The minimum atomic E-state index is -0.507. The van der Waals surface area contributed by atoms with Gasteiger partial charge in [0.2, 0.25) is 5.22 Å². The molecule has 0 unspecified atom stereocenters. The Bertz CT molecular complexity index is 593. The molecule has 112 valence electrons. The SMILES string of the molecule is CC(C)(COCc1ccccc1)NC(=O)c1ccoc1Cl. The average Bonchev–Trinajstić information content (AvgIpc) is 2.85. The second kappa shape index (κ2) is 6.78. The number of amides is 1. The van der Waals surface area contributed by atoms with Crippen LogP contribution in [0.25, 0.3) is 0 Å². The van der Waals surface area contributed by atoms with E-state index >= 15 is 0 Å². The molecule has 2 aromatic rings. The van der Waals surface area contributed by atoms with Crippen LogP contribution in [0.1, 0.15) is 29.8 Å². The molecule has 5 heteroatoms. The Kier molecular flexibility index (Phi) is 5.04. The average molecular weight is 308 g/mol. The number of halogens is 1. The fourth-order valence-corrected chi connectivity index (χ4v) is 2.07. The Hall–Kier alpha value is -1.78. The highest BCUT2D eigenvalue weighted by molar-refractivity contribution is 6.32. The van der Waals surface area contributed by atoms with Gasteiger partial charge in [-0.05, 0) is 37.1 Å². The quantitative estimate of drug-likeness (QED) is 0.886. The molecule has 21 heavy (non-hydrogen) atoms. The smallest absolute Gasteiger partial charge is 0.256 e. The van der Waals surface area contributed by atoms with Gasteiger partial charge in [-0.3, -0.25) is 4.79 Å². The lowest BCUT2D eigenvalue weighted by atomic mass is 10.1. The van der Waals surface area contributed by atoms with Crippen molar-refractivity contribution in [3.05, 3.63) is 59.0 Å². The van der Waals surface area contributed by atoms with Gasteiger partial charge in [0.15, 0.2) is 0 Å². The summed E-state index contributed by atoms with van der Waals surface area (Å²) in [6, 6.07) is 11.4. The van der Waals surface area contributed by atoms with E-state index in [0.717, 1.165) is 5.56 Å². The molecule has 1 amide bonds. The van der Waals surface area contributed by atoms with Crippen LogP contribution in [0.15, 0.2) is 47.1 Å². The van der Waals surface area contributed by atoms with Crippen molar-refractivity contribution in [2.75, 3.05) is 6.61 Å². The first-order chi connectivity index (χ1) is 9.98. The molecule has 2 rings (SSSR count). The highest BCUT2D eigenvalue weighted by Crippen LogP contribution is 2.17. The summed E-state index contributed by atoms with van der Waals surface area (Å²) in [6.07, 6.45) is 1.39. The van der Waals surface area contributed by atoms with Crippen molar-refractivity contribution in [1.82, 2.24) is 5.32 Å². The van der Waals surface area contributed by atoms with Crippen molar-refractivity contribution in [3.63, 3.8) is 0 Å². The van der Waals surface area contributed by atoms with Crippen LogP contribution in [0.4, 0.5) is 0 Å². The van der Waals surface area contributed by atoms with Gasteiger partial charge in [-0.1, -0.05) is 30.3 Å². The van der Waals surface area contributed by atoms with Crippen LogP contribution in [-0.2, 0) is 11.3 Å². The maximum atomic E-state index is 12.1. The predicted octanol–water partition coefficient (Wildman–Crippen LogP) is 3.66. The number of ether oxygens (including phenoxy) is 1. The first-order valence-corrected chi connectivity index (χ1v) is 7.03. The molecule has 0 aliphatic carbocycles. The lowest BCUT2D eigenvalue weighted by Crippen LogP contribution is -2.46. The summed E-state index contributed by atoms with van der Waals surface area (Å²) in [5.41, 5.74) is 0.914. The lowest BCUT2D eigenvalue weighted by Gasteiger charge is -2.26. The highest BCUT2D eigenvalue weighted by Gasteiger charge is 2.23. The maximum Gasteiger partial charge on any atom is 0.256 e. The highest BCUT2D eigenvalue weighted by atomic mass is 35.5. The summed E-state index contributed by atoms with van der Waals surface area (Å²) in [5.74, 6) is -0.276. The first kappa shape index (κ1) is 15.6. The van der Waals surface area contributed by atoms with Crippen molar-refractivity contribution in [1.29, 1.82) is 0 Å². The van der Waals surface area contributed by atoms with E-state index in [1.165, 1.54) is 6.26 Å². The minimum Gasteiger partial charge on any atom is -0.452 e. The third-order valence-electron chi connectivity index (χ3n) is 2.89. The van der Waals surface area contributed by atoms with Gasteiger partial charge in [0.1, 0.15) is 0 Å². The van der Waals surface area contributed by atoms with Gasteiger partial charge in [0.25, 0.3) is 5.91 Å². The van der Waals surface area contributed by atoms with Gasteiger partial charge in [0.05, 0.1) is 30.6 Å². The second-order valence-corrected chi connectivity index (χ2v) is 5.77. The van der Waals surface area contributed by atoms with Crippen molar-refractivity contribution >= 4 is 17.5 Å². The van der Waals surface area contributed by atoms with Crippen LogP contribution in [0.3, 0.4) is 0 Å². The molecule has 0 saturated heterocycles. The Morgan fingerprint density at radius 2 is 2.00 bits per heavy atom. The summed E-state index contributed by atoms with van der Waals surface area (Å²) in [4.78, 5) is 12.1. The van der Waals surface area contributed by atoms with E-state index in [1.54, 1.807) is 6.07 Å². The predicted molar refractivity (Wildman–Crippen MR) is 81.4 cm³/mol. The molecule has 4 nitrogen and oxygen atoms in total. The molecule has 1 aromatic carbocycles. The van der Waals surface area contributed by atoms with Crippen LogP contribution < -0.4 is 5.32 Å². The van der Waals surface area contributed by atoms with Crippen LogP contribution >= 0.6 is 11.6 Å². The largest absolute Gasteiger partial charge is 0.452 e. The van der Waals surface area contributed by atoms with E-state index < -0.39 is 5.54 Å². The number of benzene rings is 1. The normalized spacial score (nSPS) is 11.4. The summed E-state index contributed by atoms with van der Waals surface area (Å²) < 4.78 is 10.6. The summed E-state index contributed by atoms with van der Waals surface area (Å²) >= 11 is 5.79. The fourth-order valence-electron chi connectivity index (χ4n) is 1.86. The van der Waals surface area contributed by atoms with Gasteiger partial charge < -0.3 is 14.5 Å². The van der Waals surface area contributed by atoms with Crippen LogP contribution in [0.2, 0.25) is 5.22 Å². The third-order valence-corrected chi connectivity index (χ3v) is 3.18. The molecule has 0 spiro atoms. The minimum absolute atomic E-state index is 0.0912. The number of hydrogen-bond acceptors (Lipinski definition) is 3. The molecular weight excluding hydrogens is 290 g/mol. The Morgan fingerprint density at radius 3 is 2.62 bits per heavy atom. The molecule has 0 atom stereocenters. The van der Waals surface area contributed by atoms with E-state index in [4.69, 9.17) is 20.8 Å². The number of carbonyl (C=O) groups excluding carboxylic acids is 1. The van der Waals surface area contributed by atoms with Crippen LogP contribution in [0.5, 0.6) is 0 Å². The van der Waals surface area contributed by atoms with Crippen molar-refractivity contribution in [2.24, 2.45) is 0 Å². The van der Waals surface area contributed by atoms with E-state index in [0.29, 0.717) is 18.8 Å². The van der Waals surface area contributed by atoms with Gasteiger partial charge in [0, 0.05) is 0 Å². The maximum absolute atomic E-state index is 12.1. The Labute approximate surface area is 129 Å². The second-order valence-electron chi connectivity index (χ2n) is 5.42. The zero-order valence-electron chi connectivity index (χ0n) is 12.1. The van der Waals surface area contributed by atoms with Crippen LogP contribution in [0, 0.1) is 0 Å². The third kappa shape index (κ3) is 4.62. The Balaban J connectivity index is 1.84. The molecule has 0 saturated carbocycles. The van der Waals surface area contributed by atoms with E-state index in [9.17, 15) is 4.79 Å². The number of nitrogens with one attached hydrogen (secondary N) is 1. The van der Waals surface area contributed by atoms with Gasteiger partial charge in [-0.15, -0.1) is 0 Å². The van der Waals surface area contributed by atoms with Crippen molar-refractivity contribution in [2.45, 2.75) is 26.0 Å². The monoisotopic (exact) mass is 307 g/mol. The van der Waals surface area contributed by atoms with Gasteiger partial charge in [-0.2, -0.15) is 0 Å². The van der Waals surface area contributed by atoms with E-state index in [1.807, 2.05) is 44.2 Å². The summed E-state index contributed by atoms with van der Waals surface area (Å²) in [6.45, 7) is 4.68. The number of rotatable bonds is 6. The zero-order valence-corrected chi connectivity index (χ0v) is 12.8. The molecule has 0 fully saturated rings. The van der Waals surface area contributed by atoms with Gasteiger partial charge in [-0.25, -0.2) is 0 Å². The molecule has 1 N–H and O–H groups in total. The van der Waals surface area contributed by atoms with Crippen molar-refractivity contribution < 1.29 is 13.9 Å². The van der Waals surface area contributed by atoms with E-state index in [-0.39, 0.29) is 11.1 Å². The summed E-state index contributed by atoms with van der Waals surface area (Å²) in [7, 11) is 0.